The maximum absolute atomic E-state index is 13.8. The van der Waals surface area contributed by atoms with Gasteiger partial charge in [-0.1, -0.05) is 19.1 Å². The molecule has 0 aliphatic rings. The zero-order valence-corrected chi connectivity index (χ0v) is 10.8. The highest BCUT2D eigenvalue weighted by Gasteiger charge is 2.17. The molecule has 0 amide bonds. The Morgan fingerprint density at radius 3 is 2.83 bits per heavy atom. The number of nitrogens with one attached hydrogen (secondary N) is 1. The maximum atomic E-state index is 13.8. The summed E-state index contributed by atoms with van der Waals surface area (Å²) in [6, 6.07) is 4.61. The van der Waals surface area contributed by atoms with Crippen LogP contribution in [-0.2, 0) is 6.42 Å². The van der Waals surface area contributed by atoms with Gasteiger partial charge in [-0.05, 0) is 38.3 Å². The third-order valence-electron chi connectivity index (χ3n) is 2.84. The summed E-state index contributed by atoms with van der Waals surface area (Å²) in [5.74, 6) is -0.704. The van der Waals surface area contributed by atoms with Crippen molar-refractivity contribution >= 4 is 5.69 Å². The Morgan fingerprint density at radius 2 is 2.22 bits per heavy atom. The van der Waals surface area contributed by atoms with Gasteiger partial charge in [0.1, 0.15) is 0 Å². The van der Waals surface area contributed by atoms with Gasteiger partial charge in [-0.3, -0.25) is 10.1 Å². The van der Waals surface area contributed by atoms with E-state index in [1.165, 1.54) is 12.1 Å². The lowest BCUT2D eigenvalue weighted by Gasteiger charge is -2.13. The Labute approximate surface area is 106 Å². The number of hydrogen-bond donors (Lipinski definition) is 1. The molecule has 1 aromatic carbocycles. The molecule has 1 N–H and O–H groups in total. The molecule has 1 atom stereocenters. The lowest BCUT2D eigenvalue weighted by Crippen LogP contribution is -2.27. The summed E-state index contributed by atoms with van der Waals surface area (Å²) in [7, 11) is 0. The topological polar surface area (TPSA) is 55.2 Å². The molecule has 100 valence electrons. The summed E-state index contributed by atoms with van der Waals surface area (Å²) in [5, 5.41) is 13.9. The standard InChI is InChI=1S/C13H19FN2O2/c1-3-9-15-10(2)7-8-11-5-4-6-12(13(11)14)16(17)18/h4-6,10,15H,3,7-9H2,1-2H3. The predicted octanol–water partition coefficient (Wildman–Crippen LogP) is 3.05. The van der Waals surface area contributed by atoms with Crippen molar-refractivity contribution in [3.8, 4) is 0 Å². The zero-order valence-electron chi connectivity index (χ0n) is 10.8. The minimum absolute atomic E-state index is 0.281. The van der Waals surface area contributed by atoms with Crippen LogP contribution in [0, 0.1) is 15.9 Å². The fourth-order valence-electron chi connectivity index (χ4n) is 1.77. The van der Waals surface area contributed by atoms with Gasteiger partial charge in [-0.25, -0.2) is 0 Å². The number of aryl methyl sites for hydroxylation is 1. The van der Waals surface area contributed by atoms with Crippen molar-refractivity contribution in [1.82, 2.24) is 5.32 Å². The molecule has 18 heavy (non-hydrogen) atoms. The molecular weight excluding hydrogens is 235 g/mol. The van der Waals surface area contributed by atoms with E-state index in [1.807, 2.05) is 6.92 Å². The molecule has 4 nitrogen and oxygen atoms in total. The van der Waals surface area contributed by atoms with Crippen LogP contribution in [0.25, 0.3) is 0 Å². The molecule has 0 bridgehead atoms. The van der Waals surface area contributed by atoms with Gasteiger partial charge < -0.3 is 5.32 Å². The SMILES string of the molecule is CCCNC(C)CCc1cccc([N+](=O)[O-])c1F. The summed E-state index contributed by atoms with van der Waals surface area (Å²) >= 11 is 0. The lowest BCUT2D eigenvalue weighted by atomic mass is 10.0. The van der Waals surface area contributed by atoms with Crippen LogP contribution in [0.5, 0.6) is 0 Å². The first-order valence-corrected chi connectivity index (χ1v) is 6.21. The smallest absolute Gasteiger partial charge is 0.305 e. The van der Waals surface area contributed by atoms with E-state index in [4.69, 9.17) is 0 Å². The zero-order chi connectivity index (χ0) is 13.5. The molecule has 0 radical (unpaired) electrons. The highest BCUT2D eigenvalue weighted by Crippen LogP contribution is 2.21. The normalized spacial score (nSPS) is 12.4. The van der Waals surface area contributed by atoms with Crippen molar-refractivity contribution in [2.75, 3.05) is 6.54 Å². The second-order valence-corrected chi connectivity index (χ2v) is 4.40. The highest BCUT2D eigenvalue weighted by molar-refractivity contribution is 5.36. The Balaban J connectivity index is 2.62. The Morgan fingerprint density at radius 1 is 1.50 bits per heavy atom. The Hall–Kier alpha value is -1.49. The third-order valence-corrected chi connectivity index (χ3v) is 2.84. The van der Waals surface area contributed by atoms with Crippen molar-refractivity contribution in [3.63, 3.8) is 0 Å². The summed E-state index contributed by atoms with van der Waals surface area (Å²) in [6.07, 6.45) is 2.32. The van der Waals surface area contributed by atoms with E-state index in [1.54, 1.807) is 6.07 Å². The van der Waals surface area contributed by atoms with Crippen LogP contribution in [0.3, 0.4) is 0 Å². The van der Waals surface area contributed by atoms with Gasteiger partial charge >= 0.3 is 5.69 Å². The maximum Gasteiger partial charge on any atom is 0.305 e. The second kappa shape index (κ2) is 7.06. The molecule has 1 unspecified atom stereocenters. The van der Waals surface area contributed by atoms with E-state index >= 15 is 0 Å². The fourth-order valence-corrected chi connectivity index (χ4v) is 1.77. The van der Waals surface area contributed by atoms with Crippen molar-refractivity contribution in [2.24, 2.45) is 0 Å². The van der Waals surface area contributed by atoms with Crippen LogP contribution < -0.4 is 5.32 Å². The second-order valence-electron chi connectivity index (χ2n) is 4.40. The third kappa shape index (κ3) is 4.07. The van der Waals surface area contributed by atoms with Crippen LogP contribution in [0.4, 0.5) is 10.1 Å². The molecule has 5 heteroatoms. The number of halogens is 1. The van der Waals surface area contributed by atoms with Crippen LogP contribution >= 0.6 is 0 Å². The van der Waals surface area contributed by atoms with Crippen molar-refractivity contribution in [2.45, 2.75) is 39.2 Å². The highest BCUT2D eigenvalue weighted by atomic mass is 19.1. The summed E-state index contributed by atoms with van der Waals surface area (Å²) in [5.41, 5.74) is -0.0315. The predicted molar refractivity (Wildman–Crippen MR) is 69.1 cm³/mol. The molecule has 0 saturated carbocycles. The first-order valence-electron chi connectivity index (χ1n) is 6.21. The van der Waals surface area contributed by atoms with E-state index in [9.17, 15) is 14.5 Å². The lowest BCUT2D eigenvalue weighted by molar-refractivity contribution is -0.387. The first kappa shape index (κ1) is 14.6. The number of benzene rings is 1. The van der Waals surface area contributed by atoms with Gasteiger partial charge in [-0.15, -0.1) is 0 Å². The summed E-state index contributed by atoms with van der Waals surface area (Å²) in [6.45, 7) is 5.05. The number of rotatable bonds is 7. The van der Waals surface area contributed by atoms with E-state index in [-0.39, 0.29) is 6.04 Å². The molecule has 0 aromatic heterocycles. The minimum Gasteiger partial charge on any atom is -0.314 e. The molecular formula is C13H19FN2O2. The van der Waals surface area contributed by atoms with Crippen LogP contribution in [0.1, 0.15) is 32.3 Å². The number of hydrogen-bond acceptors (Lipinski definition) is 3. The monoisotopic (exact) mass is 254 g/mol. The summed E-state index contributed by atoms with van der Waals surface area (Å²) < 4.78 is 13.8. The van der Waals surface area contributed by atoms with Gasteiger partial charge in [0, 0.05) is 12.1 Å². The molecule has 0 aliphatic carbocycles. The van der Waals surface area contributed by atoms with E-state index in [0.717, 1.165) is 19.4 Å². The molecule has 1 aromatic rings. The Kier molecular flexibility index (Phi) is 5.71. The molecule has 0 heterocycles. The summed E-state index contributed by atoms with van der Waals surface area (Å²) in [4.78, 5) is 9.92. The minimum atomic E-state index is -0.704. The van der Waals surface area contributed by atoms with Gasteiger partial charge in [0.25, 0.3) is 0 Å². The quantitative estimate of drug-likeness (QED) is 0.601. The van der Waals surface area contributed by atoms with Crippen LogP contribution in [0.15, 0.2) is 18.2 Å². The molecule has 0 aliphatic heterocycles. The number of nitrogens with zero attached hydrogens (tertiary/aromatic N) is 1. The van der Waals surface area contributed by atoms with E-state index < -0.39 is 16.4 Å². The number of nitro groups is 1. The fraction of sp³-hybridized carbons (Fsp3) is 0.538. The van der Waals surface area contributed by atoms with Crippen LogP contribution in [0.2, 0.25) is 0 Å². The average molecular weight is 254 g/mol. The average Bonchev–Trinajstić information content (AvgIpc) is 2.34. The molecule has 0 fully saturated rings. The molecule has 0 saturated heterocycles. The Bertz CT molecular complexity index is 410. The van der Waals surface area contributed by atoms with Crippen molar-refractivity contribution in [3.05, 3.63) is 39.7 Å². The number of nitro benzene ring substituents is 1. The van der Waals surface area contributed by atoms with Crippen molar-refractivity contribution < 1.29 is 9.31 Å². The first-order chi connectivity index (χ1) is 8.56. The largest absolute Gasteiger partial charge is 0.314 e. The van der Waals surface area contributed by atoms with Crippen LogP contribution in [-0.4, -0.2) is 17.5 Å². The van der Waals surface area contributed by atoms with E-state index in [0.29, 0.717) is 12.0 Å². The molecule has 0 spiro atoms. The van der Waals surface area contributed by atoms with Crippen molar-refractivity contribution in [1.29, 1.82) is 0 Å². The van der Waals surface area contributed by atoms with Gasteiger partial charge in [0.05, 0.1) is 4.92 Å². The van der Waals surface area contributed by atoms with Gasteiger partial charge in [0.15, 0.2) is 0 Å². The molecule has 1 rings (SSSR count). The van der Waals surface area contributed by atoms with Gasteiger partial charge in [-0.2, -0.15) is 4.39 Å². The van der Waals surface area contributed by atoms with Gasteiger partial charge in [0.2, 0.25) is 5.82 Å². The van der Waals surface area contributed by atoms with E-state index in [2.05, 4.69) is 12.2 Å².